The van der Waals surface area contributed by atoms with Gasteiger partial charge in [-0.25, -0.2) is 0 Å². The molecule has 0 saturated carbocycles. The first-order valence-electron chi connectivity index (χ1n) is 8.76. The van der Waals surface area contributed by atoms with E-state index in [9.17, 15) is 4.79 Å². The Hall–Kier alpha value is -2.16. The van der Waals surface area contributed by atoms with Crippen LogP contribution >= 0.6 is 0 Å². The molecule has 126 valence electrons. The number of hydrogen-bond acceptors (Lipinski definition) is 2. The Bertz CT molecular complexity index is 818. The maximum absolute atomic E-state index is 11.6. The normalized spacial score (nSPS) is 15.7. The van der Waals surface area contributed by atoms with Crippen molar-refractivity contribution < 1.29 is 14.1 Å². The van der Waals surface area contributed by atoms with Crippen molar-refractivity contribution in [1.82, 2.24) is 0 Å². The molecule has 0 amide bonds. The summed E-state index contributed by atoms with van der Waals surface area (Å²) < 4.78 is 7.41. The summed E-state index contributed by atoms with van der Waals surface area (Å²) in [5.74, 6) is -0.104. The second kappa shape index (κ2) is 6.39. The Morgan fingerprint density at radius 2 is 1.92 bits per heavy atom. The van der Waals surface area contributed by atoms with E-state index in [-0.39, 0.29) is 11.4 Å². The summed E-state index contributed by atoms with van der Waals surface area (Å²) in [7, 11) is 0. The van der Waals surface area contributed by atoms with Gasteiger partial charge >= 0.3 is 5.97 Å². The monoisotopic (exact) mass is 324 g/mol. The zero-order valence-corrected chi connectivity index (χ0v) is 15.1. The fourth-order valence-electron chi connectivity index (χ4n) is 3.74. The molecular formula is C21H26NO2+. The van der Waals surface area contributed by atoms with Gasteiger partial charge in [-0.05, 0) is 37.6 Å². The van der Waals surface area contributed by atoms with Crippen molar-refractivity contribution in [2.75, 3.05) is 13.2 Å². The molecule has 0 saturated heterocycles. The van der Waals surface area contributed by atoms with Crippen LogP contribution in [0, 0.1) is 0 Å². The lowest BCUT2D eigenvalue weighted by Crippen LogP contribution is -2.27. The molecule has 2 aromatic carbocycles. The number of hydrogen-bond donors (Lipinski definition) is 0. The van der Waals surface area contributed by atoms with E-state index in [1.54, 1.807) is 0 Å². The number of ether oxygens (including phenoxy) is 1. The Balaban J connectivity index is 1.93. The van der Waals surface area contributed by atoms with Crippen molar-refractivity contribution in [3.63, 3.8) is 0 Å². The van der Waals surface area contributed by atoms with Crippen LogP contribution in [-0.4, -0.2) is 29.4 Å². The quantitative estimate of drug-likeness (QED) is 0.595. The van der Waals surface area contributed by atoms with Gasteiger partial charge in [0.25, 0.3) is 0 Å². The Morgan fingerprint density at radius 3 is 2.67 bits per heavy atom. The van der Waals surface area contributed by atoms with Crippen LogP contribution in [0.2, 0.25) is 0 Å². The number of benzene rings is 2. The molecule has 0 bridgehead atoms. The zero-order chi connectivity index (χ0) is 17.3. The summed E-state index contributed by atoms with van der Waals surface area (Å²) in [5.41, 5.74) is 4.02. The topological polar surface area (TPSA) is 29.3 Å². The van der Waals surface area contributed by atoms with Crippen LogP contribution in [0.5, 0.6) is 0 Å². The number of rotatable bonds is 5. The number of carbonyl (C=O) groups excluding carboxylic acids is 1. The highest BCUT2D eigenvalue weighted by molar-refractivity contribution is 6.01. The minimum absolute atomic E-state index is 0.000123. The van der Waals surface area contributed by atoms with E-state index in [4.69, 9.17) is 4.74 Å². The Kier molecular flexibility index (Phi) is 4.44. The first-order chi connectivity index (χ1) is 11.5. The lowest BCUT2D eigenvalue weighted by Gasteiger charge is -2.17. The molecule has 1 aliphatic rings. The van der Waals surface area contributed by atoms with E-state index in [0.29, 0.717) is 13.0 Å². The third-order valence-corrected chi connectivity index (χ3v) is 5.20. The fourth-order valence-corrected chi connectivity index (χ4v) is 3.74. The van der Waals surface area contributed by atoms with Crippen LogP contribution < -0.4 is 0 Å². The number of nitrogens with zero attached hydrogens (tertiary/aromatic N) is 1. The van der Waals surface area contributed by atoms with Crippen LogP contribution in [0.4, 0.5) is 5.69 Å². The minimum Gasteiger partial charge on any atom is -0.466 e. The molecule has 1 heterocycles. The minimum atomic E-state index is -0.104. The second-order valence-electron chi connectivity index (χ2n) is 6.95. The molecule has 3 heteroatoms. The van der Waals surface area contributed by atoms with Crippen molar-refractivity contribution in [2.24, 2.45) is 0 Å². The van der Waals surface area contributed by atoms with Gasteiger partial charge in [-0.15, -0.1) is 0 Å². The van der Waals surface area contributed by atoms with Gasteiger partial charge in [-0.1, -0.05) is 24.3 Å². The number of fused-ring (bicyclic) bond motifs is 3. The molecule has 0 N–H and O–H groups in total. The largest absolute Gasteiger partial charge is 0.466 e. The molecule has 1 aliphatic heterocycles. The first kappa shape index (κ1) is 16.7. The first-order valence-corrected chi connectivity index (χ1v) is 8.76. The molecule has 0 unspecified atom stereocenters. The third kappa shape index (κ3) is 2.72. The predicted octanol–water partition coefficient (Wildman–Crippen LogP) is 4.58. The van der Waals surface area contributed by atoms with Crippen LogP contribution in [0.3, 0.4) is 0 Å². The van der Waals surface area contributed by atoms with E-state index >= 15 is 0 Å². The molecule has 3 nitrogen and oxygen atoms in total. The third-order valence-electron chi connectivity index (χ3n) is 5.20. The van der Waals surface area contributed by atoms with Crippen LogP contribution in [-0.2, 0) is 14.9 Å². The summed E-state index contributed by atoms with van der Waals surface area (Å²) in [5, 5.41) is 2.61. The van der Waals surface area contributed by atoms with Gasteiger partial charge < -0.3 is 4.74 Å². The van der Waals surface area contributed by atoms with E-state index < -0.39 is 0 Å². The van der Waals surface area contributed by atoms with Gasteiger partial charge in [0.05, 0.1) is 18.4 Å². The van der Waals surface area contributed by atoms with Crippen molar-refractivity contribution in [3.8, 4) is 0 Å². The molecule has 24 heavy (non-hydrogen) atoms. The van der Waals surface area contributed by atoms with Gasteiger partial charge in [0, 0.05) is 25.0 Å². The van der Waals surface area contributed by atoms with E-state index in [1.807, 2.05) is 6.92 Å². The van der Waals surface area contributed by atoms with Crippen LogP contribution in [0.15, 0.2) is 36.4 Å². The predicted molar refractivity (Wildman–Crippen MR) is 98.3 cm³/mol. The van der Waals surface area contributed by atoms with Crippen LogP contribution in [0.25, 0.3) is 10.8 Å². The Labute approximate surface area is 144 Å². The second-order valence-corrected chi connectivity index (χ2v) is 6.95. The summed E-state index contributed by atoms with van der Waals surface area (Å²) >= 11 is 0. The smallest absolute Gasteiger partial charge is 0.306 e. The van der Waals surface area contributed by atoms with Crippen molar-refractivity contribution in [1.29, 1.82) is 0 Å². The Morgan fingerprint density at radius 1 is 1.17 bits per heavy atom. The van der Waals surface area contributed by atoms with Gasteiger partial charge in [0.15, 0.2) is 5.71 Å². The van der Waals surface area contributed by atoms with Crippen molar-refractivity contribution >= 4 is 28.1 Å². The van der Waals surface area contributed by atoms with Gasteiger partial charge in [0.1, 0.15) is 6.54 Å². The molecular weight excluding hydrogens is 298 g/mol. The summed E-state index contributed by atoms with van der Waals surface area (Å²) in [6, 6.07) is 13.0. The maximum Gasteiger partial charge on any atom is 0.306 e. The standard InChI is InChI=1S/C21H26NO2/c1-5-24-19(23)11-8-14-22-15(2)21(3,4)20-17-10-7-6-9-16(17)12-13-18(20)22/h6-7,9-10,12-13H,5,8,11,14H2,1-4H3/q+1. The summed E-state index contributed by atoms with van der Waals surface area (Å²) in [6.07, 6.45) is 1.28. The molecule has 0 aromatic heterocycles. The van der Waals surface area contributed by atoms with E-state index in [0.717, 1.165) is 13.0 Å². The van der Waals surface area contributed by atoms with Crippen LogP contribution in [0.1, 0.15) is 46.1 Å². The zero-order valence-electron chi connectivity index (χ0n) is 15.1. The van der Waals surface area contributed by atoms with E-state index in [2.05, 4.69) is 61.7 Å². The highest BCUT2D eigenvalue weighted by Crippen LogP contribution is 2.43. The molecule has 0 fully saturated rings. The molecule has 2 aromatic rings. The fraction of sp³-hybridized carbons (Fsp3) is 0.429. The summed E-state index contributed by atoms with van der Waals surface area (Å²) in [4.78, 5) is 11.6. The molecule has 0 spiro atoms. The van der Waals surface area contributed by atoms with E-state index in [1.165, 1.54) is 27.7 Å². The molecule has 0 atom stereocenters. The van der Waals surface area contributed by atoms with Crippen molar-refractivity contribution in [3.05, 3.63) is 42.0 Å². The SMILES string of the molecule is CCOC(=O)CCC[N+]1=C(C)C(C)(C)c2c1ccc1ccccc21. The molecule has 0 radical (unpaired) electrons. The lowest BCUT2D eigenvalue weighted by molar-refractivity contribution is -0.439. The number of esters is 1. The molecule has 3 rings (SSSR count). The lowest BCUT2D eigenvalue weighted by atomic mass is 9.80. The summed E-state index contributed by atoms with van der Waals surface area (Å²) in [6.45, 7) is 9.94. The molecule has 0 aliphatic carbocycles. The van der Waals surface area contributed by atoms with Gasteiger partial charge in [-0.2, -0.15) is 4.58 Å². The maximum atomic E-state index is 11.6. The number of carbonyl (C=O) groups is 1. The highest BCUT2D eigenvalue weighted by Gasteiger charge is 2.43. The van der Waals surface area contributed by atoms with Gasteiger partial charge in [-0.3, -0.25) is 4.79 Å². The average molecular weight is 324 g/mol. The van der Waals surface area contributed by atoms with Crippen molar-refractivity contribution in [2.45, 2.75) is 46.0 Å². The average Bonchev–Trinajstić information content (AvgIpc) is 2.76. The van der Waals surface area contributed by atoms with Gasteiger partial charge in [0.2, 0.25) is 5.69 Å². The highest BCUT2D eigenvalue weighted by atomic mass is 16.5.